The van der Waals surface area contributed by atoms with E-state index in [4.69, 9.17) is 0 Å². The van der Waals surface area contributed by atoms with Crippen molar-refractivity contribution in [1.29, 1.82) is 0 Å². The van der Waals surface area contributed by atoms with Crippen molar-refractivity contribution in [1.82, 2.24) is 24.6 Å². The fraction of sp³-hybridized carbons (Fsp3) is 0.368. The Bertz CT molecular complexity index is 1050. The fourth-order valence-electron chi connectivity index (χ4n) is 3.39. The van der Waals surface area contributed by atoms with Crippen LogP contribution in [0.15, 0.2) is 41.3 Å². The average Bonchev–Trinajstić information content (AvgIpc) is 3.19. The van der Waals surface area contributed by atoms with Crippen LogP contribution in [0.4, 0.5) is 5.95 Å². The number of carbonyl (C=O) groups is 1. The highest BCUT2D eigenvalue weighted by Gasteiger charge is 2.36. The standard InChI is InChI=1S/C19H22N6O2/c1-19(2,3)24-11-12(9-15(24)26)21-18-22-16-14(17(27)23-18)10-20-25(16)13-7-5-4-6-8-13/h4-8,10,12H,9,11H2,1-3H3,(H2,21,22,23,27). The molecule has 1 aromatic carbocycles. The molecule has 1 amide bonds. The molecule has 0 bridgehead atoms. The molecule has 8 nitrogen and oxygen atoms in total. The highest BCUT2D eigenvalue weighted by atomic mass is 16.2. The van der Waals surface area contributed by atoms with Gasteiger partial charge in [-0.2, -0.15) is 10.1 Å². The Morgan fingerprint density at radius 3 is 2.59 bits per heavy atom. The Labute approximate surface area is 156 Å². The quantitative estimate of drug-likeness (QED) is 0.738. The Morgan fingerprint density at radius 2 is 1.93 bits per heavy atom. The molecule has 27 heavy (non-hydrogen) atoms. The lowest BCUT2D eigenvalue weighted by Gasteiger charge is -2.32. The lowest BCUT2D eigenvalue weighted by molar-refractivity contribution is -0.131. The summed E-state index contributed by atoms with van der Waals surface area (Å²) in [6.07, 6.45) is 1.88. The summed E-state index contributed by atoms with van der Waals surface area (Å²) in [4.78, 5) is 33.9. The van der Waals surface area contributed by atoms with Gasteiger partial charge in [0.1, 0.15) is 5.39 Å². The third-order valence-corrected chi connectivity index (χ3v) is 4.71. The van der Waals surface area contributed by atoms with Gasteiger partial charge in [-0.25, -0.2) is 4.68 Å². The van der Waals surface area contributed by atoms with Crippen molar-refractivity contribution in [2.24, 2.45) is 0 Å². The SMILES string of the molecule is CC(C)(C)N1CC(Nc2nc3c(cnn3-c3ccccc3)c(=O)[nH]2)CC1=O. The highest BCUT2D eigenvalue weighted by molar-refractivity contribution is 5.81. The lowest BCUT2D eigenvalue weighted by Crippen LogP contribution is -2.43. The molecular weight excluding hydrogens is 344 g/mol. The molecule has 3 heterocycles. The van der Waals surface area contributed by atoms with Crippen LogP contribution in [0, 0.1) is 0 Å². The number of aromatic amines is 1. The second kappa shape index (κ2) is 6.22. The average molecular weight is 366 g/mol. The third-order valence-electron chi connectivity index (χ3n) is 4.71. The van der Waals surface area contributed by atoms with E-state index < -0.39 is 0 Å². The molecule has 2 aromatic heterocycles. The van der Waals surface area contributed by atoms with Crippen molar-refractivity contribution in [3.8, 4) is 5.69 Å². The van der Waals surface area contributed by atoms with E-state index in [1.807, 2.05) is 56.0 Å². The fourth-order valence-corrected chi connectivity index (χ4v) is 3.39. The summed E-state index contributed by atoms with van der Waals surface area (Å²) in [5.74, 6) is 0.441. The second-order valence-corrected chi connectivity index (χ2v) is 7.76. The summed E-state index contributed by atoms with van der Waals surface area (Å²) in [6, 6.07) is 9.42. The van der Waals surface area contributed by atoms with E-state index in [1.165, 1.54) is 6.20 Å². The van der Waals surface area contributed by atoms with Crippen molar-refractivity contribution >= 4 is 22.9 Å². The number of nitrogens with one attached hydrogen (secondary N) is 2. The summed E-state index contributed by atoms with van der Waals surface area (Å²) in [5, 5.41) is 7.92. The van der Waals surface area contributed by atoms with Crippen molar-refractivity contribution in [2.75, 3.05) is 11.9 Å². The molecule has 0 spiro atoms. The molecule has 4 rings (SSSR count). The van der Waals surface area contributed by atoms with Crippen molar-refractivity contribution in [3.05, 3.63) is 46.9 Å². The number of nitrogens with zero attached hydrogens (tertiary/aromatic N) is 4. The molecular formula is C19H22N6O2. The number of amides is 1. The number of rotatable bonds is 3. The van der Waals surface area contributed by atoms with Crippen LogP contribution in [0.3, 0.4) is 0 Å². The lowest BCUT2D eigenvalue weighted by atomic mass is 10.1. The van der Waals surface area contributed by atoms with Gasteiger partial charge in [0, 0.05) is 18.5 Å². The molecule has 2 N–H and O–H groups in total. The van der Waals surface area contributed by atoms with Gasteiger partial charge in [-0.15, -0.1) is 0 Å². The number of carbonyl (C=O) groups excluding carboxylic acids is 1. The van der Waals surface area contributed by atoms with Gasteiger partial charge in [-0.3, -0.25) is 14.6 Å². The molecule has 0 saturated carbocycles. The van der Waals surface area contributed by atoms with E-state index >= 15 is 0 Å². The van der Waals surface area contributed by atoms with Crippen molar-refractivity contribution in [2.45, 2.75) is 38.8 Å². The molecule has 1 saturated heterocycles. The minimum Gasteiger partial charge on any atom is -0.351 e. The maximum absolute atomic E-state index is 12.4. The number of H-pyrrole nitrogens is 1. The van der Waals surface area contributed by atoms with E-state index in [0.29, 0.717) is 29.9 Å². The van der Waals surface area contributed by atoms with E-state index in [2.05, 4.69) is 20.4 Å². The van der Waals surface area contributed by atoms with Crippen LogP contribution in [0.1, 0.15) is 27.2 Å². The van der Waals surface area contributed by atoms with Gasteiger partial charge in [0.25, 0.3) is 5.56 Å². The van der Waals surface area contributed by atoms with Crippen LogP contribution in [0.2, 0.25) is 0 Å². The Hall–Kier alpha value is -3.16. The summed E-state index contributed by atoms with van der Waals surface area (Å²) < 4.78 is 1.64. The number of likely N-dealkylation sites (tertiary alicyclic amines) is 1. The molecule has 8 heteroatoms. The molecule has 1 unspecified atom stereocenters. The van der Waals surface area contributed by atoms with Gasteiger partial charge < -0.3 is 10.2 Å². The van der Waals surface area contributed by atoms with Crippen LogP contribution < -0.4 is 10.9 Å². The topological polar surface area (TPSA) is 95.9 Å². The van der Waals surface area contributed by atoms with Crippen molar-refractivity contribution < 1.29 is 4.79 Å². The van der Waals surface area contributed by atoms with Crippen LogP contribution in [0.5, 0.6) is 0 Å². The van der Waals surface area contributed by atoms with E-state index in [-0.39, 0.29) is 23.0 Å². The first-order valence-electron chi connectivity index (χ1n) is 8.93. The van der Waals surface area contributed by atoms with E-state index in [0.717, 1.165) is 5.69 Å². The first kappa shape index (κ1) is 17.3. The number of hydrogen-bond acceptors (Lipinski definition) is 5. The molecule has 1 fully saturated rings. The summed E-state index contributed by atoms with van der Waals surface area (Å²) in [7, 11) is 0. The molecule has 0 aliphatic carbocycles. The van der Waals surface area contributed by atoms with Crippen molar-refractivity contribution in [3.63, 3.8) is 0 Å². The molecule has 1 atom stereocenters. The largest absolute Gasteiger partial charge is 0.351 e. The number of para-hydroxylation sites is 1. The zero-order valence-electron chi connectivity index (χ0n) is 15.6. The third kappa shape index (κ3) is 3.18. The molecule has 3 aromatic rings. The summed E-state index contributed by atoms with van der Waals surface area (Å²) >= 11 is 0. The number of anilines is 1. The number of fused-ring (bicyclic) bond motifs is 1. The number of benzene rings is 1. The van der Waals surface area contributed by atoms with Gasteiger partial charge in [0.2, 0.25) is 11.9 Å². The Morgan fingerprint density at radius 1 is 1.19 bits per heavy atom. The monoisotopic (exact) mass is 366 g/mol. The molecule has 0 radical (unpaired) electrons. The number of aromatic nitrogens is 4. The van der Waals surface area contributed by atoms with Crippen LogP contribution in [-0.4, -0.2) is 48.7 Å². The highest BCUT2D eigenvalue weighted by Crippen LogP contribution is 2.23. The number of hydrogen-bond donors (Lipinski definition) is 2. The second-order valence-electron chi connectivity index (χ2n) is 7.76. The van der Waals surface area contributed by atoms with Gasteiger partial charge in [-0.1, -0.05) is 18.2 Å². The van der Waals surface area contributed by atoms with Gasteiger partial charge in [-0.05, 0) is 32.9 Å². The predicted molar refractivity (Wildman–Crippen MR) is 103 cm³/mol. The maximum atomic E-state index is 12.4. The summed E-state index contributed by atoms with van der Waals surface area (Å²) in [6.45, 7) is 6.61. The van der Waals surface area contributed by atoms with Gasteiger partial charge in [0.05, 0.1) is 17.9 Å². The zero-order chi connectivity index (χ0) is 19.2. The van der Waals surface area contributed by atoms with Crippen LogP contribution >= 0.6 is 0 Å². The van der Waals surface area contributed by atoms with Crippen LogP contribution in [0.25, 0.3) is 16.7 Å². The van der Waals surface area contributed by atoms with Crippen LogP contribution in [-0.2, 0) is 4.79 Å². The zero-order valence-corrected chi connectivity index (χ0v) is 15.6. The molecule has 140 valence electrons. The van der Waals surface area contributed by atoms with E-state index in [9.17, 15) is 9.59 Å². The maximum Gasteiger partial charge on any atom is 0.263 e. The first-order valence-corrected chi connectivity index (χ1v) is 8.93. The first-order chi connectivity index (χ1) is 12.8. The minimum atomic E-state index is -0.262. The Balaban J connectivity index is 1.66. The van der Waals surface area contributed by atoms with Gasteiger partial charge in [0.15, 0.2) is 5.65 Å². The predicted octanol–water partition coefficient (Wildman–Crippen LogP) is 1.92. The molecule has 1 aliphatic rings. The van der Waals surface area contributed by atoms with E-state index in [1.54, 1.807) is 4.68 Å². The normalized spacial score (nSPS) is 17.7. The molecule has 1 aliphatic heterocycles. The minimum absolute atomic E-state index is 0.0951. The smallest absolute Gasteiger partial charge is 0.263 e. The Kier molecular flexibility index (Phi) is 3.98. The summed E-state index contributed by atoms with van der Waals surface area (Å²) in [5.41, 5.74) is 0.808. The van der Waals surface area contributed by atoms with Gasteiger partial charge >= 0.3 is 0 Å².